The van der Waals surface area contributed by atoms with Crippen molar-refractivity contribution in [3.63, 3.8) is 0 Å². The Hall–Kier alpha value is -1.92. The molecule has 6 nitrogen and oxygen atoms in total. The van der Waals surface area contributed by atoms with E-state index >= 15 is 0 Å². The van der Waals surface area contributed by atoms with Crippen LogP contribution in [0.2, 0.25) is 5.02 Å². The molecule has 1 unspecified atom stereocenters. The van der Waals surface area contributed by atoms with Crippen LogP contribution in [0.15, 0.2) is 24.3 Å². The monoisotopic (exact) mass is 307 g/mol. The highest BCUT2D eigenvalue weighted by Crippen LogP contribution is 2.29. The number of benzene rings is 1. The number of aromatic carboxylic acids is 1. The lowest BCUT2D eigenvalue weighted by molar-refractivity contribution is 0.0548. The van der Waals surface area contributed by atoms with Crippen LogP contribution in [0.3, 0.4) is 0 Å². The number of aromatic nitrogens is 3. The van der Waals surface area contributed by atoms with Crippen LogP contribution >= 0.6 is 11.6 Å². The van der Waals surface area contributed by atoms with Gasteiger partial charge in [0.1, 0.15) is 5.69 Å². The summed E-state index contributed by atoms with van der Waals surface area (Å²) in [7, 11) is 0. The van der Waals surface area contributed by atoms with Crippen LogP contribution in [-0.4, -0.2) is 39.3 Å². The Balaban J connectivity index is 2.08. The van der Waals surface area contributed by atoms with Gasteiger partial charge in [-0.05, 0) is 25.0 Å². The van der Waals surface area contributed by atoms with E-state index in [-0.39, 0.29) is 11.7 Å². The summed E-state index contributed by atoms with van der Waals surface area (Å²) in [5.74, 6) is -1.09. The van der Waals surface area contributed by atoms with Crippen molar-refractivity contribution in [2.24, 2.45) is 0 Å². The lowest BCUT2D eigenvalue weighted by Gasteiger charge is -2.23. The number of nitrogens with zero attached hydrogens (tertiary/aromatic N) is 3. The number of halogens is 1. The Kier molecular flexibility index (Phi) is 3.90. The minimum Gasteiger partial charge on any atom is -0.476 e. The molecule has 0 amide bonds. The van der Waals surface area contributed by atoms with Gasteiger partial charge >= 0.3 is 5.97 Å². The maximum Gasteiger partial charge on any atom is 0.358 e. The molecule has 3 rings (SSSR count). The lowest BCUT2D eigenvalue weighted by Crippen LogP contribution is -2.23. The van der Waals surface area contributed by atoms with Crippen molar-refractivity contribution < 1.29 is 14.6 Å². The first-order valence-corrected chi connectivity index (χ1v) is 7.07. The third-order valence-corrected chi connectivity index (χ3v) is 3.75. The summed E-state index contributed by atoms with van der Waals surface area (Å²) in [5, 5.41) is 17.8. The summed E-state index contributed by atoms with van der Waals surface area (Å²) in [4.78, 5) is 11.4. The summed E-state index contributed by atoms with van der Waals surface area (Å²) < 4.78 is 7.12. The first-order valence-electron chi connectivity index (χ1n) is 6.69. The Morgan fingerprint density at radius 3 is 2.76 bits per heavy atom. The normalized spacial score (nSPS) is 18.6. The summed E-state index contributed by atoms with van der Waals surface area (Å²) >= 11 is 5.89. The molecule has 1 fully saturated rings. The van der Waals surface area contributed by atoms with Gasteiger partial charge in [0.25, 0.3) is 0 Å². The predicted octanol–water partition coefficient (Wildman–Crippen LogP) is 2.65. The van der Waals surface area contributed by atoms with E-state index in [0.717, 1.165) is 25.0 Å². The zero-order valence-corrected chi connectivity index (χ0v) is 12.0. The molecule has 2 heterocycles. The Bertz CT molecular complexity index is 648. The average molecular weight is 308 g/mol. The molecule has 1 atom stereocenters. The molecule has 1 aliphatic heterocycles. The van der Waals surface area contributed by atoms with Gasteiger partial charge < -0.3 is 9.84 Å². The van der Waals surface area contributed by atoms with E-state index in [4.69, 9.17) is 16.3 Å². The Labute approximate surface area is 126 Å². The molecule has 1 aromatic carbocycles. The van der Waals surface area contributed by atoms with Crippen LogP contribution in [0.25, 0.3) is 11.3 Å². The number of carboxylic acids is 1. The molecular weight excluding hydrogens is 294 g/mol. The maximum atomic E-state index is 11.4. The minimum absolute atomic E-state index is 0.00466. The second-order valence-electron chi connectivity index (χ2n) is 4.91. The van der Waals surface area contributed by atoms with E-state index < -0.39 is 5.97 Å². The number of carbonyl (C=O) groups is 1. The van der Waals surface area contributed by atoms with Gasteiger partial charge in [-0.25, -0.2) is 9.48 Å². The van der Waals surface area contributed by atoms with Crippen LogP contribution in [0.5, 0.6) is 0 Å². The highest BCUT2D eigenvalue weighted by atomic mass is 35.5. The maximum absolute atomic E-state index is 11.4. The van der Waals surface area contributed by atoms with Crippen molar-refractivity contribution in [2.75, 3.05) is 13.2 Å². The van der Waals surface area contributed by atoms with Gasteiger partial charge in [-0.3, -0.25) is 0 Å². The van der Waals surface area contributed by atoms with Crippen molar-refractivity contribution in [3.05, 3.63) is 35.0 Å². The largest absolute Gasteiger partial charge is 0.476 e. The lowest BCUT2D eigenvalue weighted by atomic mass is 10.1. The third-order valence-electron chi connectivity index (χ3n) is 3.50. The first-order chi connectivity index (χ1) is 10.2. The Morgan fingerprint density at radius 2 is 2.14 bits per heavy atom. The van der Waals surface area contributed by atoms with E-state index in [1.807, 2.05) is 0 Å². The Morgan fingerprint density at radius 1 is 1.38 bits per heavy atom. The first kappa shape index (κ1) is 14.0. The van der Waals surface area contributed by atoms with Crippen LogP contribution in [-0.2, 0) is 4.74 Å². The number of hydrogen-bond donors (Lipinski definition) is 1. The molecule has 21 heavy (non-hydrogen) atoms. The molecule has 1 N–H and O–H groups in total. The van der Waals surface area contributed by atoms with Crippen LogP contribution in [0, 0.1) is 0 Å². The molecule has 0 spiro atoms. The number of rotatable bonds is 3. The topological polar surface area (TPSA) is 77.2 Å². The van der Waals surface area contributed by atoms with Crippen molar-refractivity contribution in [2.45, 2.75) is 18.9 Å². The molecule has 1 aliphatic rings. The molecule has 0 bridgehead atoms. The highest BCUT2D eigenvalue weighted by Gasteiger charge is 2.26. The highest BCUT2D eigenvalue weighted by molar-refractivity contribution is 6.30. The fraction of sp³-hybridized carbons (Fsp3) is 0.357. The van der Waals surface area contributed by atoms with Gasteiger partial charge in [-0.1, -0.05) is 28.9 Å². The van der Waals surface area contributed by atoms with E-state index in [1.165, 1.54) is 0 Å². The molecule has 7 heteroatoms. The van der Waals surface area contributed by atoms with E-state index in [9.17, 15) is 9.90 Å². The van der Waals surface area contributed by atoms with Crippen LogP contribution in [0.4, 0.5) is 0 Å². The van der Waals surface area contributed by atoms with Gasteiger partial charge in [-0.2, -0.15) is 0 Å². The molecule has 1 aromatic heterocycles. The standard InChI is InChI=1S/C14H14ClN3O3/c15-10-5-3-9(4-6-10)13-12(14(19)20)16-17-18(13)11-2-1-7-21-8-11/h3-6,11H,1-2,7-8H2,(H,19,20). The van der Waals surface area contributed by atoms with Gasteiger partial charge in [0.2, 0.25) is 0 Å². The SMILES string of the molecule is O=C(O)c1nnn(C2CCCOC2)c1-c1ccc(Cl)cc1. The zero-order chi connectivity index (χ0) is 14.8. The summed E-state index contributed by atoms with van der Waals surface area (Å²) in [6.07, 6.45) is 1.82. The van der Waals surface area contributed by atoms with Gasteiger partial charge in [0.15, 0.2) is 5.69 Å². The van der Waals surface area contributed by atoms with E-state index in [0.29, 0.717) is 17.3 Å². The fourth-order valence-corrected chi connectivity index (χ4v) is 2.61. The molecule has 0 saturated carbocycles. The van der Waals surface area contributed by atoms with Crippen LogP contribution < -0.4 is 0 Å². The van der Waals surface area contributed by atoms with Crippen molar-refractivity contribution in [3.8, 4) is 11.3 Å². The van der Waals surface area contributed by atoms with Crippen molar-refractivity contribution in [1.29, 1.82) is 0 Å². The summed E-state index contributed by atoms with van der Waals surface area (Å²) in [5.41, 5.74) is 1.17. The smallest absolute Gasteiger partial charge is 0.358 e. The predicted molar refractivity (Wildman–Crippen MR) is 76.5 cm³/mol. The molecule has 110 valence electrons. The number of hydrogen-bond acceptors (Lipinski definition) is 4. The minimum atomic E-state index is -1.09. The van der Waals surface area contributed by atoms with Gasteiger partial charge in [-0.15, -0.1) is 5.10 Å². The fourth-order valence-electron chi connectivity index (χ4n) is 2.49. The van der Waals surface area contributed by atoms with E-state index in [1.54, 1.807) is 28.9 Å². The molecule has 2 aromatic rings. The van der Waals surface area contributed by atoms with Crippen molar-refractivity contribution in [1.82, 2.24) is 15.0 Å². The van der Waals surface area contributed by atoms with Crippen LogP contribution in [0.1, 0.15) is 29.4 Å². The quantitative estimate of drug-likeness (QED) is 0.943. The molecular formula is C14H14ClN3O3. The molecule has 0 radical (unpaired) electrons. The second kappa shape index (κ2) is 5.83. The summed E-state index contributed by atoms with van der Waals surface area (Å²) in [6.45, 7) is 1.25. The number of carboxylic acid groups (broad SMARTS) is 1. The van der Waals surface area contributed by atoms with Gasteiger partial charge in [0, 0.05) is 17.2 Å². The second-order valence-corrected chi connectivity index (χ2v) is 5.35. The van der Waals surface area contributed by atoms with Crippen molar-refractivity contribution >= 4 is 17.6 Å². The molecule has 1 saturated heterocycles. The number of ether oxygens (including phenoxy) is 1. The van der Waals surface area contributed by atoms with Gasteiger partial charge in [0.05, 0.1) is 12.6 Å². The molecule has 0 aliphatic carbocycles. The zero-order valence-electron chi connectivity index (χ0n) is 11.2. The third kappa shape index (κ3) is 2.77. The average Bonchev–Trinajstić information content (AvgIpc) is 2.94. The summed E-state index contributed by atoms with van der Waals surface area (Å²) in [6, 6.07) is 6.99. The van der Waals surface area contributed by atoms with E-state index in [2.05, 4.69) is 10.3 Å².